The number of anilines is 1. The lowest BCUT2D eigenvalue weighted by Crippen LogP contribution is -2.40. The summed E-state index contributed by atoms with van der Waals surface area (Å²) in [4.78, 5) is 27.1. The summed E-state index contributed by atoms with van der Waals surface area (Å²) in [7, 11) is 0. The highest BCUT2D eigenvalue weighted by atomic mass is 16.5. The summed E-state index contributed by atoms with van der Waals surface area (Å²) < 4.78 is 16.8. The van der Waals surface area contributed by atoms with Crippen molar-refractivity contribution < 1.29 is 23.5 Å². The first-order valence-corrected chi connectivity index (χ1v) is 9.52. The molecule has 1 aliphatic heterocycles. The van der Waals surface area contributed by atoms with Gasteiger partial charge < -0.3 is 24.1 Å². The molecule has 1 aromatic carbocycles. The number of benzene rings is 1. The van der Waals surface area contributed by atoms with Crippen LogP contribution in [0, 0.1) is 0 Å². The van der Waals surface area contributed by atoms with Gasteiger partial charge in [-0.25, -0.2) is 0 Å². The van der Waals surface area contributed by atoms with Gasteiger partial charge >= 0.3 is 0 Å². The average molecular weight is 372 g/mol. The number of nitrogens with one attached hydrogen (secondary N) is 1. The fraction of sp³-hybridized carbons (Fsp3) is 0.500. The number of carbonyl (C=O) groups excluding carboxylic acids is 2. The fourth-order valence-electron chi connectivity index (χ4n) is 3.65. The molecule has 2 aliphatic rings. The molecule has 2 aromatic rings. The highest BCUT2D eigenvalue weighted by molar-refractivity contribution is 6.11. The Labute approximate surface area is 157 Å². The number of rotatable bonds is 5. The van der Waals surface area contributed by atoms with E-state index in [0.717, 1.165) is 25.7 Å². The van der Waals surface area contributed by atoms with E-state index in [2.05, 4.69) is 5.32 Å². The monoisotopic (exact) mass is 372 g/mol. The molecule has 2 fully saturated rings. The zero-order valence-corrected chi connectivity index (χ0v) is 15.2. The predicted molar refractivity (Wildman–Crippen MR) is 99.8 cm³/mol. The van der Waals surface area contributed by atoms with E-state index in [1.807, 2.05) is 18.2 Å². The molecular weight excluding hydrogens is 348 g/mol. The van der Waals surface area contributed by atoms with Crippen LogP contribution in [0.15, 0.2) is 28.7 Å². The number of para-hydroxylation sites is 1. The lowest BCUT2D eigenvalue weighted by molar-refractivity contribution is -0.122. The summed E-state index contributed by atoms with van der Waals surface area (Å²) in [5.41, 5.74) is 0.989. The van der Waals surface area contributed by atoms with Crippen molar-refractivity contribution in [3.63, 3.8) is 0 Å². The van der Waals surface area contributed by atoms with Crippen LogP contribution >= 0.6 is 0 Å². The Morgan fingerprint density at radius 2 is 1.89 bits per heavy atom. The van der Waals surface area contributed by atoms with Crippen LogP contribution in [0.1, 0.15) is 36.2 Å². The van der Waals surface area contributed by atoms with E-state index in [-0.39, 0.29) is 30.3 Å². The highest BCUT2D eigenvalue weighted by Gasteiger charge is 2.27. The number of nitrogens with zero attached hydrogens (tertiary/aromatic N) is 1. The van der Waals surface area contributed by atoms with Gasteiger partial charge in [0.1, 0.15) is 17.9 Å². The van der Waals surface area contributed by atoms with Gasteiger partial charge in [0.05, 0.1) is 19.3 Å². The van der Waals surface area contributed by atoms with Crippen LogP contribution in [-0.2, 0) is 14.3 Å². The SMILES string of the molecule is O=C(COC1CCCC1)Nc1c(C(=O)N2CCOCC2)oc2ccccc12. The zero-order valence-electron chi connectivity index (χ0n) is 15.2. The Morgan fingerprint density at radius 1 is 1.15 bits per heavy atom. The quantitative estimate of drug-likeness (QED) is 0.873. The van der Waals surface area contributed by atoms with E-state index in [0.29, 0.717) is 43.0 Å². The second-order valence-electron chi connectivity index (χ2n) is 6.97. The number of hydrogen-bond acceptors (Lipinski definition) is 5. The van der Waals surface area contributed by atoms with Crippen LogP contribution in [0.5, 0.6) is 0 Å². The lowest BCUT2D eigenvalue weighted by atomic mass is 10.2. The topological polar surface area (TPSA) is 81.0 Å². The van der Waals surface area contributed by atoms with E-state index in [4.69, 9.17) is 13.9 Å². The number of furan rings is 1. The Bertz CT molecular complexity index is 819. The third-order valence-electron chi connectivity index (χ3n) is 5.10. The molecule has 1 aliphatic carbocycles. The zero-order chi connectivity index (χ0) is 18.6. The lowest BCUT2D eigenvalue weighted by Gasteiger charge is -2.26. The molecule has 1 saturated carbocycles. The molecule has 1 aromatic heterocycles. The van der Waals surface area contributed by atoms with Crippen LogP contribution in [0.3, 0.4) is 0 Å². The minimum atomic E-state index is -0.274. The van der Waals surface area contributed by atoms with Gasteiger partial charge in [-0.15, -0.1) is 0 Å². The number of carbonyl (C=O) groups is 2. The molecule has 0 bridgehead atoms. The fourth-order valence-corrected chi connectivity index (χ4v) is 3.65. The van der Waals surface area contributed by atoms with Crippen molar-refractivity contribution in [2.75, 3.05) is 38.2 Å². The molecule has 2 amide bonds. The van der Waals surface area contributed by atoms with Gasteiger partial charge in [-0.05, 0) is 25.0 Å². The smallest absolute Gasteiger partial charge is 0.291 e. The van der Waals surface area contributed by atoms with Crippen molar-refractivity contribution in [2.45, 2.75) is 31.8 Å². The molecular formula is C20H24N2O5. The van der Waals surface area contributed by atoms with Crippen LogP contribution in [-0.4, -0.2) is 55.7 Å². The Balaban J connectivity index is 1.54. The molecule has 4 rings (SSSR count). The number of hydrogen-bond donors (Lipinski definition) is 1. The van der Waals surface area contributed by atoms with Gasteiger partial charge in [0.2, 0.25) is 5.76 Å². The Kier molecular flexibility index (Phi) is 5.40. The molecule has 7 heteroatoms. The minimum Gasteiger partial charge on any atom is -0.449 e. The summed E-state index contributed by atoms with van der Waals surface area (Å²) in [5.74, 6) is -0.349. The normalized spacial score (nSPS) is 18.1. The second kappa shape index (κ2) is 8.10. The number of fused-ring (bicyclic) bond motifs is 1. The standard InChI is InChI=1S/C20H24N2O5/c23-17(13-26-14-5-1-2-6-14)21-18-15-7-3-4-8-16(15)27-19(18)20(24)22-9-11-25-12-10-22/h3-4,7-8,14H,1-2,5-6,9-13H2,(H,21,23). The van der Waals surface area contributed by atoms with Crippen molar-refractivity contribution in [2.24, 2.45) is 0 Å². The molecule has 0 atom stereocenters. The van der Waals surface area contributed by atoms with Gasteiger partial charge in [0.15, 0.2) is 0 Å². The summed E-state index contributed by atoms with van der Waals surface area (Å²) in [6.07, 6.45) is 4.46. The Hall–Kier alpha value is -2.38. The van der Waals surface area contributed by atoms with Crippen molar-refractivity contribution >= 4 is 28.5 Å². The van der Waals surface area contributed by atoms with Crippen LogP contribution in [0.2, 0.25) is 0 Å². The molecule has 0 unspecified atom stereocenters. The van der Waals surface area contributed by atoms with Gasteiger partial charge in [0.25, 0.3) is 11.8 Å². The molecule has 7 nitrogen and oxygen atoms in total. The molecule has 1 N–H and O–H groups in total. The van der Waals surface area contributed by atoms with E-state index < -0.39 is 0 Å². The highest BCUT2D eigenvalue weighted by Crippen LogP contribution is 2.32. The van der Waals surface area contributed by atoms with E-state index in [1.54, 1.807) is 11.0 Å². The summed E-state index contributed by atoms with van der Waals surface area (Å²) >= 11 is 0. The first-order valence-electron chi connectivity index (χ1n) is 9.52. The average Bonchev–Trinajstić information content (AvgIpc) is 3.35. The van der Waals surface area contributed by atoms with Crippen LogP contribution in [0.4, 0.5) is 5.69 Å². The maximum atomic E-state index is 12.9. The number of amides is 2. The summed E-state index contributed by atoms with van der Waals surface area (Å²) in [6.45, 7) is 2.00. The van der Waals surface area contributed by atoms with Gasteiger partial charge in [0, 0.05) is 18.5 Å². The largest absolute Gasteiger partial charge is 0.449 e. The second-order valence-corrected chi connectivity index (χ2v) is 6.97. The molecule has 27 heavy (non-hydrogen) atoms. The number of ether oxygens (including phenoxy) is 2. The molecule has 1 saturated heterocycles. The number of morpholine rings is 1. The first-order chi connectivity index (χ1) is 13.2. The van der Waals surface area contributed by atoms with Crippen molar-refractivity contribution in [1.29, 1.82) is 0 Å². The van der Waals surface area contributed by atoms with Gasteiger partial charge in [-0.1, -0.05) is 25.0 Å². The molecule has 0 spiro atoms. The van der Waals surface area contributed by atoms with Crippen molar-refractivity contribution in [3.05, 3.63) is 30.0 Å². The van der Waals surface area contributed by atoms with Crippen molar-refractivity contribution in [3.8, 4) is 0 Å². The van der Waals surface area contributed by atoms with Gasteiger partial charge in [-0.2, -0.15) is 0 Å². The predicted octanol–water partition coefficient (Wildman–Crippen LogP) is 2.80. The van der Waals surface area contributed by atoms with E-state index in [9.17, 15) is 9.59 Å². The minimum absolute atomic E-state index is 0.0185. The molecule has 2 heterocycles. The third-order valence-corrected chi connectivity index (χ3v) is 5.10. The van der Waals surface area contributed by atoms with Crippen LogP contribution in [0.25, 0.3) is 11.0 Å². The molecule has 0 radical (unpaired) electrons. The van der Waals surface area contributed by atoms with E-state index in [1.165, 1.54) is 0 Å². The maximum absolute atomic E-state index is 12.9. The summed E-state index contributed by atoms with van der Waals surface area (Å²) in [6, 6.07) is 7.31. The third kappa shape index (κ3) is 3.99. The van der Waals surface area contributed by atoms with Crippen molar-refractivity contribution in [1.82, 2.24) is 4.90 Å². The Morgan fingerprint density at radius 3 is 2.67 bits per heavy atom. The van der Waals surface area contributed by atoms with Gasteiger partial charge in [-0.3, -0.25) is 9.59 Å². The first kappa shape index (κ1) is 18.0. The van der Waals surface area contributed by atoms with Crippen LogP contribution < -0.4 is 5.32 Å². The molecule has 144 valence electrons. The summed E-state index contributed by atoms with van der Waals surface area (Å²) in [5, 5.41) is 3.55. The van der Waals surface area contributed by atoms with E-state index >= 15 is 0 Å². The maximum Gasteiger partial charge on any atom is 0.291 e.